The number of aromatic hydroxyl groups is 2. The molecule has 0 bridgehead atoms. The Morgan fingerprint density at radius 2 is 2.11 bits per heavy atom. The molecule has 0 heterocycles. The SMILES string of the molecule is CC1CCC(CNC(=O)c2ccc(O)c(O)c2)C1. The first-order chi connectivity index (χ1) is 8.56. The van der Waals surface area contributed by atoms with Gasteiger partial charge in [-0.2, -0.15) is 0 Å². The number of hydrogen-bond donors (Lipinski definition) is 3. The Morgan fingerprint density at radius 1 is 1.33 bits per heavy atom. The highest BCUT2D eigenvalue weighted by molar-refractivity contribution is 5.94. The molecule has 1 aliphatic carbocycles. The third-order valence-corrected chi connectivity index (χ3v) is 3.59. The maximum atomic E-state index is 11.8. The van der Waals surface area contributed by atoms with Crippen molar-refractivity contribution in [1.82, 2.24) is 5.32 Å². The summed E-state index contributed by atoms with van der Waals surface area (Å²) in [7, 11) is 0. The van der Waals surface area contributed by atoms with E-state index in [0.29, 0.717) is 18.0 Å². The number of benzene rings is 1. The predicted octanol–water partition coefficient (Wildman–Crippen LogP) is 2.26. The van der Waals surface area contributed by atoms with E-state index in [1.807, 2.05) is 0 Å². The minimum atomic E-state index is -0.267. The summed E-state index contributed by atoms with van der Waals surface area (Å²) in [6, 6.07) is 4.10. The maximum Gasteiger partial charge on any atom is 0.251 e. The first kappa shape index (κ1) is 12.7. The lowest BCUT2D eigenvalue weighted by Gasteiger charge is -2.11. The molecule has 4 heteroatoms. The standard InChI is InChI=1S/C14H19NO3/c1-9-2-3-10(6-9)8-15-14(18)11-4-5-12(16)13(17)7-11/h4-5,7,9-10,16-17H,2-3,6,8H2,1H3,(H,15,18). The third-order valence-electron chi connectivity index (χ3n) is 3.59. The second kappa shape index (κ2) is 5.29. The highest BCUT2D eigenvalue weighted by atomic mass is 16.3. The van der Waals surface area contributed by atoms with Crippen molar-refractivity contribution in [3.05, 3.63) is 23.8 Å². The molecule has 0 aromatic heterocycles. The molecule has 98 valence electrons. The predicted molar refractivity (Wildman–Crippen MR) is 68.6 cm³/mol. The maximum absolute atomic E-state index is 11.8. The molecule has 0 aliphatic heterocycles. The number of carbonyl (C=O) groups excluding carboxylic acids is 1. The highest BCUT2D eigenvalue weighted by Crippen LogP contribution is 2.29. The lowest BCUT2D eigenvalue weighted by molar-refractivity contribution is 0.0946. The number of carbonyl (C=O) groups is 1. The highest BCUT2D eigenvalue weighted by Gasteiger charge is 2.21. The molecule has 2 rings (SSSR count). The quantitative estimate of drug-likeness (QED) is 0.720. The number of phenolic OH excluding ortho intramolecular Hbond substituents is 2. The van der Waals surface area contributed by atoms with Crippen molar-refractivity contribution in [1.29, 1.82) is 0 Å². The molecule has 1 saturated carbocycles. The first-order valence-corrected chi connectivity index (χ1v) is 6.36. The van der Waals surface area contributed by atoms with E-state index in [1.54, 1.807) is 0 Å². The van der Waals surface area contributed by atoms with Gasteiger partial charge in [0.2, 0.25) is 0 Å². The van der Waals surface area contributed by atoms with Gasteiger partial charge in [-0.05, 0) is 42.9 Å². The molecule has 4 nitrogen and oxygen atoms in total. The molecule has 18 heavy (non-hydrogen) atoms. The largest absolute Gasteiger partial charge is 0.504 e. The first-order valence-electron chi connectivity index (χ1n) is 6.36. The number of rotatable bonds is 3. The molecule has 1 aromatic carbocycles. The van der Waals surface area contributed by atoms with Crippen LogP contribution in [0.4, 0.5) is 0 Å². The van der Waals surface area contributed by atoms with Crippen LogP contribution in [0.3, 0.4) is 0 Å². The zero-order valence-electron chi connectivity index (χ0n) is 10.5. The number of hydrogen-bond acceptors (Lipinski definition) is 3. The van der Waals surface area contributed by atoms with E-state index in [0.717, 1.165) is 5.92 Å². The van der Waals surface area contributed by atoms with Crippen LogP contribution in [0.5, 0.6) is 11.5 Å². The fourth-order valence-corrected chi connectivity index (χ4v) is 2.51. The Hall–Kier alpha value is -1.71. The second-order valence-corrected chi connectivity index (χ2v) is 5.20. The third kappa shape index (κ3) is 2.94. The Kier molecular flexibility index (Phi) is 3.75. The van der Waals surface area contributed by atoms with Crippen molar-refractivity contribution in [3.63, 3.8) is 0 Å². The van der Waals surface area contributed by atoms with Crippen LogP contribution in [0.2, 0.25) is 0 Å². The molecule has 1 aliphatic rings. The van der Waals surface area contributed by atoms with E-state index in [2.05, 4.69) is 12.2 Å². The normalized spacial score (nSPS) is 22.9. The van der Waals surface area contributed by atoms with Crippen molar-refractivity contribution in [3.8, 4) is 11.5 Å². The van der Waals surface area contributed by atoms with Crippen molar-refractivity contribution in [2.75, 3.05) is 6.54 Å². The number of amides is 1. The van der Waals surface area contributed by atoms with E-state index in [-0.39, 0.29) is 17.4 Å². The van der Waals surface area contributed by atoms with E-state index in [4.69, 9.17) is 0 Å². The van der Waals surface area contributed by atoms with Gasteiger partial charge < -0.3 is 15.5 Å². The summed E-state index contributed by atoms with van der Waals surface area (Å²) >= 11 is 0. The molecule has 0 spiro atoms. The zero-order valence-corrected chi connectivity index (χ0v) is 10.5. The van der Waals surface area contributed by atoms with Gasteiger partial charge in [-0.25, -0.2) is 0 Å². The summed E-state index contributed by atoms with van der Waals surface area (Å²) < 4.78 is 0. The molecule has 0 saturated heterocycles. The van der Waals surface area contributed by atoms with Crippen LogP contribution in [0.15, 0.2) is 18.2 Å². The summed E-state index contributed by atoms with van der Waals surface area (Å²) in [5, 5.41) is 21.4. The van der Waals surface area contributed by atoms with Crippen LogP contribution >= 0.6 is 0 Å². The van der Waals surface area contributed by atoms with E-state index >= 15 is 0 Å². The molecule has 0 radical (unpaired) electrons. The topological polar surface area (TPSA) is 69.6 Å². The molecule has 1 amide bonds. The molecule has 2 atom stereocenters. The van der Waals surface area contributed by atoms with E-state index in [1.165, 1.54) is 37.5 Å². The molecule has 1 fully saturated rings. The van der Waals surface area contributed by atoms with Gasteiger partial charge in [0, 0.05) is 12.1 Å². The Balaban J connectivity index is 1.89. The van der Waals surface area contributed by atoms with Crippen molar-refractivity contribution in [2.24, 2.45) is 11.8 Å². The lowest BCUT2D eigenvalue weighted by Crippen LogP contribution is -2.28. The number of phenols is 2. The second-order valence-electron chi connectivity index (χ2n) is 5.20. The minimum absolute atomic E-state index is 0.204. The summed E-state index contributed by atoms with van der Waals surface area (Å²) in [4.78, 5) is 11.8. The van der Waals surface area contributed by atoms with Gasteiger partial charge in [-0.15, -0.1) is 0 Å². The summed E-state index contributed by atoms with van der Waals surface area (Å²) in [6.07, 6.45) is 3.57. The van der Waals surface area contributed by atoms with Crippen LogP contribution in [0, 0.1) is 11.8 Å². The average molecular weight is 249 g/mol. The molecule has 2 unspecified atom stereocenters. The van der Waals surface area contributed by atoms with Crippen molar-refractivity contribution in [2.45, 2.75) is 26.2 Å². The van der Waals surface area contributed by atoms with Crippen LogP contribution in [-0.2, 0) is 0 Å². The van der Waals surface area contributed by atoms with Crippen molar-refractivity contribution < 1.29 is 15.0 Å². The molecule has 1 aromatic rings. The van der Waals surface area contributed by atoms with Crippen LogP contribution in [-0.4, -0.2) is 22.7 Å². The van der Waals surface area contributed by atoms with Gasteiger partial charge in [0.25, 0.3) is 5.91 Å². The van der Waals surface area contributed by atoms with E-state index < -0.39 is 0 Å². The summed E-state index contributed by atoms with van der Waals surface area (Å²) in [6.45, 7) is 2.92. The lowest BCUT2D eigenvalue weighted by atomic mass is 10.1. The molecule has 3 N–H and O–H groups in total. The monoisotopic (exact) mass is 249 g/mol. The Labute approximate surface area is 107 Å². The number of nitrogens with one attached hydrogen (secondary N) is 1. The van der Waals surface area contributed by atoms with Gasteiger partial charge >= 0.3 is 0 Å². The van der Waals surface area contributed by atoms with Crippen molar-refractivity contribution >= 4 is 5.91 Å². The van der Waals surface area contributed by atoms with E-state index in [9.17, 15) is 15.0 Å². The smallest absolute Gasteiger partial charge is 0.251 e. The summed E-state index contributed by atoms with van der Waals surface area (Å²) in [5.41, 5.74) is 0.372. The fraction of sp³-hybridized carbons (Fsp3) is 0.500. The van der Waals surface area contributed by atoms with Crippen LogP contribution in [0.1, 0.15) is 36.5 Å². The fourth-order valence-electron chi connectivity index (χ4n) is 2.51. The van der Waals surface area contributed by atoms with Gasteiger partial charge in [-0.1, -0.05) is 13.3 Å². The van der Waals surface area contributed by atoms with Crippen LogP contribution in [0.25, 0.3) is 0 Å². The molecular weight excluding hydrogens is 230 g/mol. The van der Waals surface area contributed by atoms with Gasteiger partial charge in [-0.3, -0.25) is 4.79 Å². The minimum Gasteiger partial charge on any atom is -0.504 e. The van der Waals surface area contributed by atoms with Gasteiger partial charge in [0.05, 0.1) is 0 Å². The summed E-state index contributed by atoms with van der Waals surface area (Å²) in [5.74, 6) is 0.637. The Morgan fingerprint density at radius 3 is 2.72 bits per heavy atom. The van der Waals surface area contributed by atoms with Crippen LogP contribution < -0.4 is 5.32 Å². The van der Waals surface area contributed by atoms with Gasteiger partial charge in [0.1, 0.15) is 0 Å². The zero-order chi connectivity index (χ0) is 13.1. The molecular formula is C14H19NO3. The Bertz CT molecular complexity index is 445. The average Bonchev–Trinajstić information content (AvgIpc) is 2.75. The van der Waals surface area contributed by atoms with Gasteiger partial charge in [0.15, 0.2) is 11.5 Å².